The number of ether oxygens (including phenoxy) is 1. The second-order valence-corrected chi connectivity index (χ2v) is 3.38. The molecule has 0 aromatic heterocycles. The molecule has 2 unspecified atom stereocenters. The molecule has 3 aliphatic rings. The molecule has 0 aliphatic carbocycles. The first-order chi connectivity index (χ1) is 4.95. The third kappa shape index (κ3) is 0.451. The minimum atomic E-state index is 0.556. The highest BCUT2D eigenvalue weighted by Gasteiger charge is 2.43. The lowest BCUT2D eigenvalue weighted by molar-refractivity contribution is 0.154. The van der Waals surface area contributed by atoms with Crippen molar-refractivity contribution in [1.29, 1.82) is 0 Å². The van der Waals surface area contributed by atoms with E-state index in [1.165, 1.54) is 18.6 Å². The minimum absolute atomic E-state index is 0.556. The van der Waals surface area contributed by atoms with Gasteiger partial charge in [0, 0.05) is 25.4 Å². The summed E-state index contributed by atoms with van der Waals surface area (Å²) in [6.45, 7) is 2.25. The molecule has 0 aromatic carbocycles. The topological polar surface area (TPSA) is 21.3 Å². The van der Waals surface area contributed by atoms with Crippen molar-refractivity contribution in [3.05, 3.63) is 11.3 Å². The van der Waals surface area contributed by atoms with Gasteiger partial charge in [-0.1, -0.05) is 0 Å². The summed E-state index contributed by atoms with van der Waals surface area (Å²) >= 11 is 0. The summed E-state index contributed by atoms with van der Waals surface area (Å²) in [5.74, 6) is 2.07. The summed E-state index contributed by atoms with van der Waals surface area (Å²) in [5, 5.41) is 3.39. The van der Waals surface area contributed by atoms with Gasteiger partial charge in [-0.15, -0.1) is 0 Å². The maximum atomic E-state index is 5.68. The van der Waals surface area contributed by atoms with E-state index in [0.29, 0.717) is 6.10 Å². The van der Waals surface area contributed by atoms with Gasteiger partial charge in [0.05, 0.1) is 5.76 Å². The largest absolute Gasteiger partial charge is 0.494 e. The van der Waals surface area contributed by atoms with Gasteiger partial charge < -0.3 is 10.1 Å². The van der Waals surface area contributed by atoms with Crippen LogP contribution in [0, 0.1) is 5.92 Å². The standard InChI is InChI=1S/C8H11NO/c1-2-8-6-4-9-3-5(6)7(1)10-8/h5,7,9H,1-4H2. The van der Waals surface area contributed by atoms with E-state index in [4.69, 9.17) is 4.74 Å². The highest BCUT2D eigenvalue weighted by Crippen LogP contribution is 2.43. The van der Waals surface area contributed by atoms with Gasteiger partial charge in [0.2, 0.25) is 0 Å². The second kappa shape index (κ2) is 1.56. The summed E-state index contributed by atoms with van der Waals surface area (Å²) in [6.07, 6.45) is 3.03. The summed E-state index contributed by atoms with van der Waals surface area (Å²) < 4.78 is 5.68. The van der Waals surface area contributed by atoms with Crippen LogP contribution < -0.4 is 5.32 Å². The first-order valence-corrected chi connectivity index (χ1v) is 4.04. The van der Waals surface area contributed by atoms with E-state index in [2.05, 4.69) is 5.32 Å². The van der Waals surface area contributed by atoms with Crippen molar-refractivity contribution in [2.45, 2.75) is 18.9 Å². The Hall–Kier alpha value is -0.500. The first kappa shape index (κ1) is 5.19. The Balaban J connectivity index is 2.09. The number of hydrogen-bond donors (Lipinski definition) is 1. The zero-order chi connectivity index (χ0) is 6.55. The molecular formula is C8H11NO. The van der Waals surface area contributed by atoms with E-state index in [0.717, 1.165) is 19.0 Å². The summed E-state index contributed by atoms with van der Waals surface area (Å²) in [5.41, 5.74) is 1.58. The molecule has 2 heteroatoms. The number of hydrogen-bond acceptors (Lipinski definition) is 2. The third-order valence-electron chi connectivity index (χ3n) is 2.88. The van der Waals surface area contributed by atoms with Crippen LogP contribution in [0.4, 0.5) is 0 Å². The Labute approximate surface area is 60.3 Å². The lowest BCUT2D eigenvalue weighted by Gasteiger charge is -2.11. The molecule has 2 fully saturated rings. The molecule has 3 rings (SSSR count). The molecule has 2 atom stereocenters. The van der Waals surface area contributed by atoms with Crippen molar-refractivity contribution in [2.75, 3.05) is 13.1 Å². The second-order valence-electron chi connectivity index (χ2n) is 3.38. The maximum absolute atomic E-state index is 5.68. The smallest absolute Gasteiger partial charge is 0.107 e. The summed E-state index contributed by atoms with van der Waals surface area (Å²) in [4.78, 5) is 0. The number of rotatable bonds is 0. The van der Waals surface area contributed by atoms with Gasteiger partial charge in [-0.05, 0) is 12.0 Å². The molecule has 0 radical (unpaired) electrons. The van der Waals surface area contributed by atoms with E-state index in [9.17, 15) is 0 Å². The zero-order valence-corrected chi connectivity index (χ0v) is 5.89. The summed E-state index contributed by atoms with van der Waals surface area (Å²) in [6, 6.07) is 0. The van der Waals surface area contributed by atoms with Gasteiger partial charge in [-0.3, -0.25) is 0 Å². The van der Waals surface area contributed by atoms with Crippen LogP contribution in [-0.4, -0.2) is 19.2 Å². The van der Waals surface area contributed by atoms with Gasteiger partial charge in [0.25, 0.3) is 0 Å². The van der Waals surface area contributed by atoms with E-state index in [-0.39, 0.29) is 0 Å². The molecule has 2 bridgehead atoms. The van der Waals surface area contributed by atoms with Crippen LogP contribution in [-0.2, 0) is 4.74 Å². The Morgan fingerprint density at radius 3 is 3.40 bits per heavy atom. The third-order valence-corrected chi connectivity index (χ3v) is 2.88. The minimum Gasteiger partial charge on any atom is -0.494 e. The average Bonchev–Trinajstić information content (AvgIpc) is 2.60. The van der Waals surface area contributed by atoms with E-state index in [1.54, 1.807) is 5.57 Å². The van der Waals surface area contributed by atoms with Gasteiger partial charge in [-0.25, -0.2) is 0 Å². The van der Waals surface area contributed by atoms with Crippen molar-refractivity contribution in [2.24, 2.45) is 5.92 Å². The molecule has 2 nitrogen and oxygen atoms in total. The van der Waals surface area contributed by atoms with E-state index >= 15 is 0 Å². The average molecular weight is 137 g/mol. The van der Waals surface area contributed by atoms with Crippen LogP contribution in [0.5, 0.6) is 0 Å². The van der Waals surface area contributed by atoms with Crippen molar-refractivity contribution in [1.82, 2.24) is 5.32 Å². The predicted molar refractivity (Wildman–Crippen MR) is 37.5 cm³/mol. The normalized spacial score (nSPS) is 42.4. The number of allylic oxidation sites excluding steroid dienone is 1. The molecule has 54 valence electrons. The molecule has 3 aliphatic heterocycles. The lowest BCUT2D eigenvalue weighted by atomic mass is 9.90. The van der Waals surface area contributed by atoms with Crippen molar-refractivity contribution < 1.29 is 4.74 Å². The van der Waals surface area contributed by atoms with Crippen LogP contribution >= 0.6 is 0 Å². The fraction of sp³-hybridized carbons (Fsp3) is 0.750. The van der Waals surface area contributed by atoms with Crippen LogP contribution in [0.15, 0.2) is 11.3 Å². The fourth-order valence-electron chi connectivity index (χ4n) is 2.37. The van der Waals surface area contributed by atoms with Crippen molar-refractivity contribution in [3.8, 4) is 0 Å². The van der Waals surface area contributed by atoms with Crippen LogP contribution in [0.3, 0.4) is 0 Å². The highest BCUT2D eigenvalue weighted by molar-refractivity contribution is 5.28. The van der Waals surface area contributed by atoms with Crippen LogP contribution in [0.2, 0.25) is 0 Å². The monoisotopic (exact) mass is 137 g/mol. The predicted octanol–water partition coefficient (Wildman–Crippen LogP) is 0.652. The van der Waals surface area contributed by atoms with Crippen LogP contribution in [0.25, 0.3) is 0 Å². The van der Waals surface area contributed by atoms with Crippen molar-refractivity contribution in [3.63, 3.8) is 0 Å². The van der Waals surface area contributed by atoms with Crippen LogP contribution in [0.1, 0.15) is 12.8 Å². The number of fused-ring (bicyclic) bond motifs is 4. The molecule has 0 saturated carbocycles. The lowest BCUT2D eigenvalue weighted by Crippen LogP contribution is -2.20. The fourth-order valence-corrected chi connectivity index (χ4v) is 2.37. The molecule has 3 heterocycles. The SMILES string of the molecule is C1CC2OC1=C1CNCC12. The molecule has 0 aromatic rings. The zero-order valence-electron chi connectivity index (χ0n) is 5.89. The molecule has 0 spiro atoms. The Morgan fingerprint density at radius 2 is 2.50 bits per heavy atom. The molecule has 10 heavy (non-hydrogen) atoms. The molecular weight excluding hydrogens is 126 g/mol. The van der Waals surface area contributed by atoms with Gasteiger partial charge in [0.15, 0.2) is 0 Å². The van der Waals surface area contributed by atoms with Gasteiger partial charge in [-0.2, -0.15) is 0 Å². The summed E-state index contributed by atoms with van der Waals surface area (Å²) in [7, 11) is 0. The maximum Gasteiger partial charge on any atom is 0.107 e. The van der Waals surface area contributed by atoms with E-state index in [1.807, 2.05) is 0 Å². The molecule has 0 amide bonds. The molecule has 2 saturated heterocycles. The van der Waals surface area contributed by atoms with E-state index < -0.39 is 0 Å². The Morgan fingerprint density at radius 1 is 1.50 bits per heavy atom. The Kier molecular flexibility index (Phi) is 0.810. The number of nitrogens with one attached hydrogen (secondary N) is 1. The Bertz CT molecular complexity index is 209. The highest BCUT2D eigenvalue weighted by atomic mass is 16.5. The van der Waals surface area contributed by atoms with Crippen molar-refractivity contribution >= 4 is 0 Å². The first-order valence-electron chi connectivity index (χ1n) is 4.04. The molecule has 1 N–H and O–H groups in total. The quantitative estimate of drug-likeness (QED) is 0.529. The van der Waals surface area contributed by atoms with Gasteiger partial charge >= 0.3 is 0 Å². The van der Waals surface area contributed by atoms with Gasteiger partial charge in [0.1, 0.15) is 6.10 Å².